The number of hydrogen-bond donors (Lipinski definition) is 0. The normalized spacial score (nSPS) is 11.3. The molecule has 0 heteroatoms. The summed E-state index contributed by atoms with van der Waals surface area (Å²) in [6.45, 7) is 0. The van der Waals surface area contributed by atoms with E-state index >= 15 is 0 Å². The number of rotatable bonds is 1. The highest BCUT2D eigenvalue weighted by Crippen LogP contribution is 2.37. The van der Waals surface area contributed by atoms with Crippen LogP contribution in [-0.4, -0.2) is 0 Å². The molecule has 0 saturated heterocycles. The van der Waals surface area contributed by atoms with E-state index in [2.05, 4.69) is 97.1 Å². The van der Waals surface area contributed by atoms with E-state index in [1.165, 1.54) is 43.4 Å². The van der Waals surface area contributed by atoms with Gasteiger partial charge in [0.15, 0.2) is 0 Å². The van der Waals surface area contributed by atoms with Crippen LogP contribution in [0.25, 0.3) is 43.4 Å². The second-order valence-electron chi connectivity index (χ2n) is 6.22. The van der Waals surface area contributed by atoms with Gasteiger partial charge in [-0.1, -0.05) is 91.0 Å². The zero-order valence-electron chi connectivity index (χ0n) is 13.2. The molecule has 0 fully saturated rings. The molecular weight excluding hydrogens is 288 g/mol. The van der Waals surface area contributed by atoms with Crippen molar-refractivity contribution in [1.82, 2.24) is 0 Å². The molecule has 0 bridgehead atoms. The zero-order valence-corrected chi connectivity index (χ0v) is 13.2. The first-order valence-corrected chi connectivity index (χ1v) is 8.30. The molecule has 0 aliphatic heterocycles. The van der Waals surface area contributed by atoms with Gasteiger partial charge in [-0.15, -0.1) is 0 Å². The maximum absolute atomic E-state index is 2.36. The van der Waals surface area contributed by atoms with Crippen LogP contribution in [0.1, 0.15) is 0 Å². The van der Waals surface area contributed by atoms with Crippen LogP contribution in [0.5, 0.6) is 0 Å². The van der Waals surface area contributed by atoms with Gasteiger partial charge in [0.05, 0.1) is 0 Å². The Morgan fingerprint density at radius 2 is 1.00 bits per heavy atom. The third-order valence-electron chi connectivity index (χ3n) is 4.85. The van der Waals surface area contributed by atoms with E-state index < -0.39 is 0 Å². The van der Waals surface area contributed by atoms with E-state index in [4.69, 9.17) is 0 Å². The largest absolute Gasteiger partial charge is 0.0622 e. The van der Waals surface area contributed by atoms with Gasteiger partial charge in [-0.2, -0.15) is 0 Å². The second kappa shape index (κ2) is 5.21. The first-order valence-electron chi connectivity index (χ1n) is 8.30. The molecule has 0 aliphatic carbocycles. The minimum atomic E-state index is 1.27. The van der Waals surface area contributed by atoms with Gasteiger partial charge in [-0.05, 0) is 49.5 Å². The number of hydrogen-bond acceptors (Lipinski definition) is 0. The molecule has 24 heavy (non-hydrogen) atoms. The van der Waals surface area contributed by atoms with Crippen molar-refractivity contribution >= 4 is 32.3 Å². The lowest BCUT2D eigenvalue weighted by molar-refractivity contribution is 1.67. The Kier molecular flexibility index (Phi) is 2.89. The van der Waals surface area contributed by atoms with Crippen molar-refractivity contribution in [2.45, 2.75) is 0 Å². The van der Waals surface area contributed by atoms with E-state index in [9.17, 15) is 0 Å². The van der Waals surface area contributed by atoms with Crippen molar-refractivity contribution in [2.24, 2.45) is 0 Å². The predicted molar refractivity (Wildman–Crippen MR) is 104 cm³/mol. The molecule has 0 spiro atoms. The van der Waals surface area contributed by atoms with Crippen molar-refractivity contribution in [3.63, 3.8) is 0 Å². The van der Waals surface area contributed by atoms with Crippen molar-refractivity contribution in [3.05, 3.63) is 97.1 Å². The zero-order chi connectivity index (χ0) is 15.9. The van der Waals surface area contributed by atoms with Crippen LogP contribution in [0, 0.1) is 0 Å². The van der Waals surface area contributed by atoms with E-state index in [1.54, 1.807) is 0 Å². The highest BCUT2D eigenvalue weighted by atomic mass is 14.1. The monoisotopic (exact) mass is 304 g/mol. The van der Waals surface area contributed by atoms with Gasteiger partial charge in [0.2, 0.25) is 0 Å². The van der Waals surface area contributed by atoms with Gasteiger partial charge in [-0.3, -0.25) is 0 Å². The number of fused-ring (bicyclic) bond motifs is 5. The average molecular weight is 304 g/mol. The van der Waals surface area contributed by atoms with Crippen LogP contribution in [0.2, 0.25) is 0 Å². The predicted octanol–water partition coefficient (Wildman–Crippen LogP) is 6.81. The summed E-state index contributed by atoms with van der Waals surface area (Å²) in [5.74, 6) is 0. The maximum atomic E-state index is 2.36. The molecule has 0 N–H and O–H groups in total. The Morgan fingerprint density at radius 1 is 0.375 bits per heavy atom. The SMILES string of the molecule is c1ccc(-c2cc3c4ccccc4ccc3c3ccccc23)cc1. The molecule has 5 aromatic carbocycles. The van der Waals surface area contributed by atoms with E-state index in [0.29, 0.717) is 0 Å². The van der Waals surface area contributed by atoms with Crippen molar-refractivity contribution in [1.29, 1.82) is 0 Å². The lowest BCUT2D eigenvalue weighted by Crippen LogP contribution is -1.85. The third kappa shape index (κ3) is 1.93. The Balaban J connectivity index is 2.02. The first-order chi connectivity index (χ1) is 11.9. The lowest BCUT2D eigenvalue weighted by Gasteiger charge is -2.13. The van der Waals surface area contributed by atoms with Crippen LogP contribution in [0.15, 0.2) is 97.1 Å². The van der Waals surface area contributed by atoms with Gasteiger partial charge in [-0.25, -0.2) is 0 Å². The van der Waals surface area contributed by atoms with Crippen LogP contribution in [0.4, 0.5) is 0 Å². The maximum Gasteiger partial charge on any atom is -0.00928 e. The fourth-order valence-corrected chi connectivity index (χ4v) is 3.72. The van der Waals surface area contributed by atoms with Crippen molar-refractivity contribution in [2.75, 3.05) is 0 Å². The van der Waals surface area contributed by atoms with Gasteiger partial charge in [0.25, 0.3) is 0 Å². The van der Waals surface area contributed by atoms with Crippen LogP contribution >= 0.6 is 0 Å². The summed E-state index contributed by atoms with van der Waals surface area (Å²) >= 11 is 0. The van der Waals surface area contributed by atoms with Crippen molar-refractivity contribution in [3.8, 4) is 11.1 Å². The molecule has 0 unspecified atom stereocenters. The Morgan fingerprint density at radius 3 is 1.83 bits per heavy atom. The van der Waals surface area contributed by atoms with E-state index in [-0.39, 0.29) is 0 Å². The fraction of sp³-hybridized carbons (Fsp3) is 0. The molecule has 0 amide bonds. The smallest absolute Gasteiger partial charge is 0.00928 e. The van der Waals surface area contributed by atoms with Crippen LogP contribution in [-0.2, 0) is 0 Å². The molecule has 0 heterocycles. The molecule has 0 radical (unpaired) electrons. The molecule has 5 aromatic rings. The third-order valence-corrected chi connectivity index (χ3v) is 4.85. The fourth-order valence-electron chi connectivity index (χ4n) is 3.72. The number of benzene rings is 5. The Bertz CT molecular complexity index is 1180. The summed E-state index contributed by atoms with van der Waals surface area (Å²) in [5, 5.41) is 7.89. The molecule has 0 atom stereocenters. The summed E-state index contributed by atoms with van der Waals surface area (Å²) in [6, 6.07) is 34.9. The van der Waals surface area contributed by atoms with Gasteiger partial charge >= 0.3 is 0 Å². The topological polar surface area (TPSA) is 0 Å². The van der Waals surface area contributed by atoms with Gasteiger partial charge in [0.1, 0.15) is 0 Å². The van der Waals surface area contributed by atoms with Crippen LogP contribution < -0.4 is 0 Å². The van der Waals surface area contributed by atoms with Crippen molar-refractivity contribution < 1.29 is 0 Å². The average Bonchev–Trinajstić information content (AvgIpc) is 2.67. The lowest BCUT2D eigenvalue weighted by atomic mass is 9.91. The molecule has 112 valence electrons. The van der Waals surface area contributed by atoms with E-state index in [1.807, 2.05) is 0 Å². The molecule has 5 rings (SSSR count). The quantitative estimate of drug-likeness (QED) is 0.298. The Hall–Kier alpha value is -3.12. The molecule has 0 nitrogen and oxygen atoms in total. The minimum absolute atomic E-state index is 1.27. The minimum Gasteiger partial charge on any atom is -0.0622 e. The molecule has 0 saturated carbocycles. The summed E-state index contributed by atoms with van der Waals surface area (Å²) < 4.78 is 0. The molecular formula is C24H16. The highest BCUT2D eigenvalue weighted by molar-refractivity contribution is 6.20. The Labute approximate surface area is 141 Å². The summed E-state index contributed by atoms with van der Waals surface area (Å²) in [4.78, 5) is 0. The highest BCUT2D eigenvalue weighted by Gasteiger charge is 2.10. The van der Waals surface area contributed by atoms with Gasteiger partial charge in [0, 0.05) is 0 Å². The molecule has 0 aliphatic rings. The van der Waals surface area contributed by atoms with E-state index in [0.717, 1.165) is 0 Å². The standard InChI is InChI=1S/C24H16/c1-2-8-17(9-3-1)23-16-24-19-11-5-4-10-18(19)14-15-22(24)20-12-6-7-13-21(20)23/h1-16H. The summed E-state index contributed by atoms with van der Waals surface area (Å²) in [7, 11) is 0. The van der Waals surface area contributed by atoms with Gasteiger partial charge < -0.3 is 0 Å². The first kappa shape index (κ1) is 13.3. The summed E-state index contributed by atoms with van der Waals surface area (Å²) in [5.41, 5.74) is 2.57. The molecule has 0 aromatic heterocycles. The van der Waals surface area contributed by atoms with Crippen LogP contribution in [0.3, 0.4) is 0 Å². The second-order valence-corrected chi connectivity index (χ2v) is 6.22. The summed E-state index contributed by atoms with van der Waals surface area (Å²) in [6.07, 6.45) is 0.